The molecule has 0 aliphatic heterocycles. The third-order valence-electron chi connectivity index (χ3n) is 3.52. The highest BCUT2D eigenvalue weighted by Gasteiger charge is 2.19. The van der Waals surface area contributed by atoms with E-state index in [1.165, 1.54) is 36.3 Å². The molecule has 17 heavy (non-hydrogen) atoms. The lowest BCUT2D eigenvalue weighted by Crippen LogP contribution is -2.31. The van der Waals surface area contributed by atoms with E-state index in [9.17, 15) is 0 Å². The molecule has 94 valence electrons. The van der Waals surface area contributed by atoms with E-state index in [-0.39, 0.29) is 0 Å². The lowest BCUT2D eigenvalue weighted by molar-refractivity contribution is 0.267. The Kier molecular flexibility index (Phi) is 5.40. The zero-order valence-electron chi connectivity index (χ0n) is 10.7. The first-order valence-corrected chi connectivity index (χ1v) is 7.74. The quantitative estimate of drug-likeness (QED) is 0.580. The number of thioether (sulfide) groups is 1. The molecule has 1 saturated carbocycles. The second kappa shape index (κ2) is 7.07. The first-order chi connectivity index (χ1) is 8.34. The van der Waals surface area contributed by atoms with Crippen molar-refractivity contribution < 1.29 is 0 Å². The van der Waals surface area contributed by atoms with Crippen molar-refractivity contribution >= 4 is 11.8 Å². The van der Waals surface area contributed by atoms with Gasteiger partial charge in [0.25, 0.3) is 0 Å². The van der Waals surface area contributed by atoms with Crippen molar-refractivity contribution in [3.63, 3.8) is 0 Å². The van der Waals surface area contributed by atoms with E-state index in [0.29, 0.717) is 6.04 Å². The molecule has 1 atom stereocenters. The Labute approximate surface area is 109 Å². The summed E-state index contributed by atoms with van der Waals surface area (Å²) in [5.41, 5.74) is 0. The molecule has 1 aliphatic rings. The lowest BCUT2D eigenvalue weighted by Gasteiger charge is -2.28. The van der Waals surface area contributed by atoms with Crippen LogP contribution in [-0.4, -0.2) is 18.3 Å². The first kappa shape index (κ1) is 13.0. The molecule has 1 nitrogen and oxygen atoms in total. The van der Waals surface area contributed by atoms with Crippen molar-refractivity contribution in [1.29, 1.82) is 0 Å². The Balaban J connectivity index is 1.53. The van der Waals surface area contributed by atoms with Gasteiger partial charge in [0.1, 0.15) is 0 Å². The number of benzene rings is 1. The van der Waals surface area contributed by atoms with Crippen LogP contribution in [0.4, 0.5) is 0 Å². The van der Waals surface area contributed by atoms with Gasteiger partial charge >= 0.3 is 0 Å². The number of hydrogen-bond donors (Lipinski definition) is 1. The second-order valence-electron chi connectivity index (χ2n) is 5.05. The summed E-state index contributed by atoms with van der Waals surface area (Å²) in [7, 11) is 0. The summed E-state index contributed by atoms with van der Waals surface area (Å²) < 4.78 is 0. The van der Waals surface area contributed by atoms with Crippen molar-refractivity contribution in [2.24, 2.45) is 5.92 Å². The molecule has 2 rings (SSSR count). The molecule has 1 aliphatic carbocycles. The molecule has 0 spiro atoms. The van der Waals surface area contributed by atoms with Crippen molar-refractivity contribution in [3.8, 4) is 0 Å². The number of rotatable bonds is 7. The van der Waals surface area contributed by atoms with E-state index >= 15 is 0 Å². The highest BCUT2D eigenvalue weighted by Crippen LogP contribution is 2.30. The Morgan fingerprint density at radius 1 is 1.29 bits per heavy atom. The summed E-state index contributed by atoms with van der Waals surface area (Å²) in [5, 5.41) is 3.63. The van der Waals surface area contributed by atoms with Gasteiger partial charge in [-0.3, -0.25) is 0 Å². The maximum atomic E-state index is 3.63. The summed E-state index contributed by atoms with van der Waals surface area (Å²) in [6.45, 7) is 3.44. The van der Waals surface area contributed by atoms with Crippen LogP contribution in [0.15, 0.2) is 35.2 Å². The molecule has 0 bridgehead atoms. The highest BCUT2D eigenvalue weighted by atomic mass is 32.2. The van der Waals surface area contributed by atoms with Crippen LogP contribution in [-0.2, 0) is 0 Å². The summed E-state index contributed by atoms with van der Waals surface area (Å²) in [4.78, 5) is 1.38. The topological polar surface area (TPSA) is 12.0 Å². The maximum absolute atomic E-state index is 3.63. The van der Waals surface area contributed by atoms with Gasteiger partial charge in [0, 0.05) is 23.2 Å². The van der Waals surface area contributed by atoms with Gasteiger partial charge in [0.05, 0.1) is 0 Å². The largest absolute Gasteiger partial charge is 0.313 e. The minimum Gasteiger partial charge on any atom is -0.313 e. The summed E-state index contributed by atoms with van der Waals surface area (Å²) >= 11 is 1.94. The SMILES string of the molecule is CC(CC1CCC1)NCCSc1ccccc1. The molecular formula is C15H23NS. The fraction of sp³-hybridized carbons (Fsp3) is 0.600. The van der Waals surface area contributed by atoms with E-state index in [1.807, 2.05) is 11.8 Å². The van der Waals surface area contributed by atoms with Crippen LogP contribution in [0.1, 0.15) is 32.6 Å². The Morgan fingerprint density at radius 3 is 2.71 bits per heavy atom. The molecule has 1 N–H and O–H groups in total. The van der Waals surface area contributed by atoms with E-state index in [4.69, 9.17) is 0 Å². The van der Waals surface area contributed by atoms with Crippen molar-refractivity contribution in [2.75, 3.05) is 12.3 Å². The van der Waals surface area contributed by atoms with Crippen LogP contribution in [0, 0.1) is 5.92 Å². The predicted molar refractivity (Wildman–Crippen MR) is 76.6 cm³/mol. The fourth-order valence-corrected chi connectivity index (χ4v) is 3.11. The molecule has 2 heteroatoms. The summed E-state index contributed by atoms with van der Waals surface area (Å²) in [5.74, 6) is 2.18. The molecule has 0 amide bonds. The second-order valence-corrected chi connectivity index (χ2v) is 6.22. The van der Waals surface area contributed by atoms with Crippen molar-refractivity contribution in [3.05, 3.63) is 30.3 Å². The third-order valence-corrected chi connectivity index (χ3v) is 4.53. The molecule has 1 aromatic rings. The Bertz CT molecular complexity index is 308. The molecule has 0 aromatic heterocycles. The molecular weight excluding hydrogens is 226 g/mol. The van der Waals surface area contributed by atoms with Crippen molar-refractivity contribution in [1.82, 2.24) is 5.32 Å². The molecule has 0 radical (unpaired) electrons. The van der Waals surface area contributed by atoms with Crippen LogP contribution < -0.4 is 5.32 Å². The van der Waals surface area contributed by atoms with Crippen LogP contribution in [0.3, 0.4) is 0 Å². The smallest absolute Gasteiger partial charge is 0.0106 e. The van der Waals surface area contributed by atoms with Crippen molar-refractivity contribution in [2.45, 2.75) is 43.5 Å². The molecule has 1 aromatic carbocycles. The van der Waals surface area contributed by atoms with Gasteiger partial charge in [-0.25, -0.2) is 0 Å². The Morgan fingerprint density at radius 2 is 2.06 bits per heavy atom. The van der Waals surface area contributed by atoms with Gasteiger partial charge in [-0.1, -0.05) is 37.5 Å². The number of hydrogen-bond acceptors (Lipinski definition) is 2. The zero-order valence-corrected chi connectivity index (χ0v) is 11.5. The molecule has 1 unspecified atom stereocenters. The average molecular weight is 249 g/mol. The van der Waals surface area contributed by atoms with Gasteiger partial charge < -0.3 is 5.32 Å². The van der Waals surface area contributed by atoms with Crippen LogP contribution in [0.2, 0.25) is 0 Å². The predicted octanol–water partition coefficient (Wildman–Crippen LogP) is 3.95. The van der Waals surface area contributed by atoms with E-state index < -0.39 is 0 Å². The van der Waals surface area contributed by atoms with Crippen LogP contribution in [0.25, 0.3) is 0 Å². The number of nitrogens with one attached hydrogen (secondary N) is 1. The molecule has 0 saturated heterocycles. The minimum atomic E-state index is 0.691. The van der Waals surface area contributed by atoms with Gasteiger partial charge in [-0.2, -0.15) is 0 Å². The minimum absolute atomic E-state index is 0.691. The van der Waals surface area contributed by atoms with Crippen LogP contribution in [0.5, 0.6) is 0 Å². The lowest BCUT2D eigenvalue weighted by atomic mass is 9.81. The van der Waals surface area contributed by atoms with Gasteiger partial charge in [0.15, 0.2) is 0 Å². The third kappa shape index (κ3) is 4.72. The standard InChI is InChI=1S/C15H23NS/c1-13(12-14-6-5-7-14)16-10-11-17-15-8-3-2-4-9-15/h2-4,8-9,13-14,16H,5-7,10-12H2,1H3. The normalized spacial score (nSPS) is 17.7. The fourth-order valence-electron chi connectivity index (χ4n) is 2.30. The van der Waals surface area contributed by atoms with Gasteiger partial charge in [0.2, 0.25) is 0 Å². The summed E-state index contributed by atoms with van der Waals surface area (Å²) in [6.07, 6.45) is 5.76. The summed E-state index contributed by atoms with van der Waals surface area (Å²) in [6, 6.07) is 11.3. The molecule has 0 heterocycles. The maximum Gasteiger partial charge on any atom is 0.0106 e. The highest BCUT2D eigenvalue weighted by molar-refractivity contribution is 7.99. The zero-order chi connectivity index (χ0) is 11.9. The van der Waals surface area contributed by atoms with Gasteiger partial charge in [-0.05, 0) is 31.4 Å². The van der Waals surface area contributed by atoms with Gasteiger partial charge in [-0.15, -0.1) is 11.8 Å². The average Bonchev–Trinajstić information content (AvgIpc) is 2.31. The first-order valence-electron chi connectivity index (χ1n) is 6.76. The Hall–Kier alpha value is -0.470. The van der Waals surface area contributed by atoms with E-state index in [1.54, 1.807) is 0 Å². The molecule has 1 fully saturated rings. The van der Waals surface area contributed by atoms with Crippen LogP contribution >= 0.6 is 11.8 Å². The van der Waals surface area contributed by atoms with E-state index in [0.717, 1.165) is 12.5 Å². The van der Waals surface area contributed by atoms with E-state index in [2.05, 4.69) is 42.6 Å². The monoisotopic (exact) mass is 249 g/mol.